The molecule has 0 atom stereocenters. The van der Waals surface area contributed by atoms with Gasteiger partial charge in [0, 0.05) is 23.4 Å². The summed E-state index contributed by atoms with van der Waals surface area (Å²) in [4.78, 5) is 12.0. The highest BCUT2D eigenvalue weighted by molar-refractivity contribution is 6.35. The molecule has 0 fully saturated rings. The number of nitrogens with zero attached hydrogens (tertiary/aromatic N) is 2. The summed E-state index contributed by atoms with van der Waals surface area (Å²) in [7, 11) is 0. The molecule has 0 spiro atoms. The first-order valence-electron chi connectivity index (χ1n) is 7.24. The molecule has 0 aliphatic carbocycles. The number of rotatable bonds is 5. The maximum atomic E-state index is 12.0. The minimum absolute atomic E-state index is 0.0318. The van der Waals surface area contributed by atoms with Crippen molar-refractivity contribution in [1.29, 1.82) is 0 Å². The molecule has 0 aliphatic rings. The quantitative estimate of drug-likeness (QED) is 0.756. The van der Waals surface area contributed by atoms with E-state index in [4.69, 9.17) is 23.2 Å². The summed E-state index contributed by atoms with van der Waals surface area (Å²) in [6.07, 6.45) is 2.07. The fourth-order valence-corrected chi connectivity index (χ4v) is 2.82. The molecule has 0 unspecified atom stereocenters. The third-order valence-electron chi connectivity index (χ3n) is 3.56. The lowest BCUT2D eigenvalue weighted by Crippen LogP contribution is -2.24. The molecule has 1 aromatic heterocycles. The van der Waals surface area contributed by atoms with Crippen LogP contribution in [0, 0.1) is 0 Å². The van der Waals surface area contributed by atoms with Crippen molar-refractivity contribution < 1.29 is 4.79 Å². The van der Waals surface area contributed by atoms with Crippen molar-refractivity contribution in [2.75, 3.05) is 0 Å². The molecule has 6 heteroatoms. The molecular weight excluding hydrogens is 333 g/mol. The van der Waals surface area contributed by atoms with E-state index in [-0.39, 0.29) is 5.91 Å². The Bertz CT molecular complexity index is 845. The van der Waals surface area contributed by atoms with E-state index in [0.29, 0.717) is 29.6 Å². The summed E-state index contributed by atoms with van der Waals surface area (Å²) < 4.78 is 1.79. The van der Waals surface area contributed by atoms with Crippen LogP contribution in [0.15, 0.2) is 48.7 Å². The fourth-order valence-electron chi connectivity index (χ4n) is 2.39. The Morgan fingerprint density at radius 2 is 2.00 bits per heavy atom. The van der Waals surface area contributed by atoms with Gasteiger partial charge in [-0.3, -0.25) is 9.48 Å². The Hall–Kier alpha value is -2.04. The normalized spacial score (nSPS) is 10.9. The van der Waals surface area contributed by atoms with E-state index in [2.05, 4.69) is 10.4 Å². The van der Waals surface area contributed by atoms with E-state index in [1.54, 1.807) is 16.9 Å². The van der Waals surface area contributed by atoms with Gasteiger partial charge in [0.1, 0.15) is 0 Å². The zero-order valence-electron chi connectivity index (χ0n) is 12.3. The molecule has 0 saturated carbocycles. The van der Waals surface area contributed by atoms with Crippen molar-refractivity contribution in [2.24, 2.45) is 0 Å². The predicted octanol–water partition coefficient (Wildman–Crippen LogP) is 4.05. The number of nitrogens with one attached hydrogen (secondary N) is 1. The van der Waals surface area contributed by atoms with Gasteiger partial charge in [0.2, 0.25) is 5.91 Å². The summed E-state index contributed by atoms with van der Waals surface area (Å²) in [5, 5.41) is 9.40. The summed E-state index contributed by atoms with van der Waals surface area (Å²) >= 11 is 12.0. The molecule has 4 nitrogen and oxygen atoms in total. The van der Waals surface area contributed by atoms with E-state index < -0.39 is 0 Å². The Balaban J connectivity index is 1.57. The van der Waals surface area contributed by atoms with E-state index in [1.807, 2.05) is 36.4 Å². The molecule has 118 valence electrons. The predicted molar refractivity (Wildman–Crippen MR) is 92.7 cm³/mol. The number of fused-ring (bicyclic) bond motifs is 1. The second-order valence-corrected chi connectivity index (χ2v) is 6.04. The van der Waals surface area contributed by atoms with Crippen molar-refractivity contribution >= 4 is 40.0 Å². The first-order valence-corrected chi connectivity index (χ1v) is 8.00. The van der Waals surface area contributed by atoms with Gasteiger partial charge in [0.15, 0.2) is 0 Å². The van der Waals surface area contributed by atoms with Crippen molar-refractivity contribution in [3.8, 4) is 0 Å². The fraction of sp³-hybridized carbons (Fsp3) is 0.176. The number of aromatic nitrogens is 2. The number of carbonyl (C=O) groups is 1. The first kappa shape index (κ1) is 15.8. The number of halogens is 2. The molecule has 2 aromatic carbocycles. The van der Waals surface area contributed by atoms with Gasteiger partial charge in [-0.05, 0) is 29.8 Å². The van der Waals surface area contributed by atoms with Gasteiger partial charge < -0.3 is 5.32 Å². The highest BCUT2D eigenvalue weighted by atomic mass is 35.5. The van der Waals surface area contributed by atoms with Crippen molar-refractivity contribution in [3.63, 3.8) is 0 Å². The number of benzene rings is 2. The zero-order valence-corrected chi connectivity index (χ0v) is 13.8. The Labute approximate surface area is 144 Å². The molecule has 3 rings (SSSR count). The van der Waals surface area contributed by atoms with Crippen LogP contribution in [0.25, 0.3) is 10.9 Å². The highest BCUT2D eigenvalue weighted by Crippen LogP contribution is 2.22. The number of carbonyl (C=O) groups excluding carboxylic acids is 1. The Morgan fingerprint density at radius 1 is 1.17 bits per heavy atom. The van der Waals surface area contributed by atoms with Gasteiger partial charge in [-0.1, -0.05) is 41.4 Å². The average molecular weight is 348 g/mol. The van der Waals surface area contributed by atoms with Gasteiger partial charge in [0.25, 0.3) is 0 Å². The lowest BCUT2D eigenvalue weighted by atomic mass is 10.2. The largest absolute Gasteiger partial charge is 0.352 e. The van der Waals surface area contributed by atoms with Crippen molar-refractivity contribution in [1.82, 2.24) is 15.1 Å². The van der Waals surface area contributed by atoms with Crippen LogP contribution < -0.4 is 5.32 Å². The molecule has 23 heavy (non-hydrogen) atoms. The van der Waals surface area contributed by atoms with Crippen LogP contribution in [0.1, 0.15) is 12.0 Å². The highest BCUT2D eigenvalue weighted by Gasteiger charge is 2.08. The van der Waals surface area contributed by atoms with E-state index in [0.717, 1.165) is 16.5 Å². The van der Waals surface area contributed by atoms with Gasteiger partial charge >= 0.3 is 0 Å². The van der Waals surface area contributed by atoms with E-state index in [1.165, 1.54) is 0 Å². The molecule has 3 aromatic rings. The summed E-state index contributed by atoms with van der Waals surface area (Å²) in [6, 6.07) is 13.1. The molecular formula is C17H15Cl2N3O. The average Bonchev–Trinajstić information content (AvgIpc) is 2.96. The second-order valence-electron chi connectivity index (χ2n) is 5.20. The van der Waals surface area contributed by atoms with Crippen molar-refractivity contribution in [3.05, 3.63) is 64.3 Å². The zero-order chi connectivity index (χ0) is 16.2. The third kappa shape index (κ3) is 3.84. The summed E-state index contributed by atoms with van der Waals surface area (Å²) in [5.74, 6) is -0.0318. The molecule has 0 bridgehead atoms. The topological polar surface area (TPSA) is 46.9 Å². The van der Waals surface area contributed by atoms with Crippen LogP contribution in [0.5, 0.6) is 0 Å². The first-order chi connectivity index (χ1) is 11.1. The Kier molecular flexibility index (Phi) is 4.84. The maximum absolute atomic E-state index is 12.0. The van der Waals surface area contributed by atoms with E-state index >= 15 is 0 Å². The van der Waals surface area contributed by atoms with Crippen LogP contribution in [0.3, 0.4) is 0 Å². The minimum atomic E-state index is -0.0318. The standard InChI is InChI=1S/C17H15Cl2N3O/c18-13-4-1-3-12(9-13)10-20-17(23)7-8-22-16-6-2-5-15(19)14(16)11-21-22/h1-6,9,11H,7-8,10H2,(H,20,23). The molecule has 0 radical (unpaired) electrons. The maximum Gasteiger partial charge on any atom is 0.222 e. The summed E-state index contributed by atoms with van der Waals surface area (Å²) in [5.41, 5.74) is 1.90. The van der Waals surface area contributed by atoms with Crippen LogP contribution in [-0.4, -0.2) is 15.7 Å². The number of aryl methyl sites for hydroxylation is 1. The van der Waals surface area contributed by atoms with Crippen LogP contribution in [-0.2, 0) is 17.9 Å². The second kappa shape index (κ2) is 7.02. The third-order valence-corrected chi connectivity index (χ3v) is 4.13. The SMILES string of the molecule is O=C(CCn1ncc2c(Cl)cccc21)NCc1cccc(Cl)c1. The monoisotopic (exact) mass is 347 g/mol. The van der Waals surface area contributed by atoms with Crippen LogP contribution >= 0.6 is 23.2 Å². The number of hydrogen-bond acceptors (Lipinski definition) is 2. The van der Waals surface area contributed by atoms with E-state index in [9.17, 15) is 4.79 Å². The molecule has 1 amide bonds. The van der Waals surface area contributed by atoms with Gasteiger partial charge in [-0.2, -0.15) is 5.10 Å². The molecule has 0 saturated heterocycles. The van der Waals surface area contributed by atoms with Crippen molar-refractivity contribution in [2.45, 2.75) is 19.5 Å². The number of amides is 1. The summed E-state index contributed by atoms with van der Waals surface area (Å²) in [6.45, 7) is 0.969. The smallest absolute Gasteiger partial charge is 0.222 e. The minimum Gasteiger partial charge on any atom is -0.352 e. The molecule has 1 N–H and O–H groups in total. The molecule has 0 aliphatic heterocycles. The van der Waals surface area contributed by atoms with Crippen LogP contribution in [0.4, 0.5) is 0 Å². The molecule has 1 heterocycles. The van der Waals surface area contributed by atoms with Gasteiger partial charge in [-0.25, -0.2) is 0 Å². The lowest BCUT2D eigenvalue weighted by molar-refractivity contribution is -0.121. The van der Waals surface area contributed by atoms with Crippen LogP contribution in [0.2, 0.25) is 10.0 Å². The van der Waals surface area contributed by atoms with Gasteiger partial charge in [-0.15, -0.1) is 0 Å². The Morgan fingerprint density at radius 3 is 2.83 bits per heavy atom. The van der Waals surface area contributed by atoms with Gasteiger partial charge in [0.05, 0.1) is 23.3 Å². The number of hydrogen-bond donors (Lipinski definition) is 1. The lowest BCUT2D eigenvalue weighted by Gasteiger charge is -2.07.